The number of Topliss-reactive ketones (excluding diaryl/α,β-unsaturated/α-hetero) is 1. The average Bonchev–Trinajstić information content (AvgIpc) is 2.67. The lowest BCUT2D eigenvalue weighted by Gasteiger charge is -1.99. The van der Waals surface area contributed by atoms with Crippen LogP contribution in [0.2, 0.25) is 0 Å². The van der Waals surface area contributed by atoms with Crippen LogP contribution in [0.15, 0.2) is 72.8 Å². The number of fused-ring (bicyclic) bond motifs is 1. The minimum Gasteiger partial charge on any atom is -0.360 e. The Balaban J connectivity index is 1.55. The second-order valence-corrected chi connectivity index (χ2v) is 5.36. The number of hydrogen-bond donors (Lipinski definition) is 0. The van der Waals surface area contributed by atoms with E-state index in [-0.39, 0.29) is 19.0 Å². The van der Waals surface area contributed by atoms with Crippen molar-refractivity contribution < 1.29 is 9.53 Å². The largest absolute Gasteiger partial charge is 0.360 e. The van der Waals surface area contributed by atoms with E-state index in [9.17, 15) is 4.79 Å². The van der Waals surface area contributed by atoms with Gasteiger partial charge in [0.15, 0.2) is 0 Å². The monoisotopic (exact) mass is 324 g/mol. The molecule has 0 amide bonds. The van der Waals surface area contributed by atoms with E-state index in [1.807, 2.05) is 72.8 Å². The molecule has 0 aliphatic carbocycles. The highest BCUT2D eigenvalue weighted by Gasteiger charge is 1.99. The Kier molecular flexibility index (Phi) is 5.62. The van der Waals surface area contributed by atoms with Crippen molar-refractivity contribution in [2.24, 2.45) is 0 Å². The number of ketones is 1. The topological polar surface area (TPSA) is 26.3 Å². The fourth-order valence-corrected chi connectivity index (χ4v) is 2.36. The third-order valence-corrected chi connectivity index (χ3v) is 3.54. The summed E-state index contributed by atoms with van der Waals surface area (Å²) < 4.78 is 5.27. The Morgan fingerprint density at radius 3 is 2.48 bits per heavy atom. The molecular formula is C23H16O2. The first-order valence-electron chi connectivity index (χ1n) is 7.97. The molecule has 25 heavy (non-hydrogen) atoms. The number of benzene rings is 3. The van der Waals surface area contributed by atoms with Crippen LogP contribution in [0, 0.1) is 23.7 Å². The summed E-state index contributed by atoms with van der Waals surface area (Å²) in [5, 5.41) is 2.15. The molecule has 2 heteroatoms. The first kappa shape index (κ1) is 16.5. The molecule has 0 aromatic heterocycles. The summed E-state index contributed by atoms with van der Waals surface area (Å²) in [6.07, 6.45) is 0. The molecule has 0 heterocycles. The van der Waals surface area contributed by atoms with E-state index in [0.29, 0.717) is 0 Å². The Hall–Kier alpha value is -3.33. The predicted molar refractivity (Wildman–Crippen MR) is 100.0 cm³/mol. The van der Waals surface area contributed by atoms with Gasteiger partial charge in [-0.15, -0.1) is 0 Å². The van der Waals surface area contributed by atoms with Crippen LogP contribution in [-0.4, -0.2) is 19.0 Å². The maximum atomic E-state index is 11.8. The van der Waals surface area contributed by atoms with Gasteiger partial charge in [-0.2, -0.15) is 0 Å². The number of carbonyl (C=O) groups excluding carboxylic acids is 1. The van der Waals surface area contributed by atoms with Crippen LogP contribution in [0.1, 0.15) is 11.1 Å². The number of carbonyl (C=O) groups is 1. The fraction of sp³-hybridized carbons (Fsp3) is 0.0870. The summed E-state index contributed by atoms with van der Waals surface area (Å²) in [6.45, 7) is 0.151. The third kappa shape index (κ3) is 4.82. The maximum Gasteiger partial charge on any atom is 0.231 e. The lowest BCUT2D eigenvalue weighted by atomic mass is 10.1. The van der Waals surface area contributed by atoms with E-state index in [0.717, 1.165) is 21.9 Å². The average molecular weight is 324 g/mol. The summed E-state index contributed by atoms with van der Waals surface area (Å²) in [6, 6.07) is 23.5. The van der Waals surface area contributed by atoms with Crippen LogP contribution in [0.5, 0.6) is 0 Å². The van der Waals surface area contributed by atoms with E-state index >= 15 is 0 Å². The van der Waals surface area contributed by atoms with E-state index in [1.54, 1.807) is 0 Å². The molecular weight excluding hydrogens is 308 g/mol. The molecule has 120 valence electrons. The molecule has 0 aliphatic rings. The van der Waals surface area contributed by atoms with Crippen LogP contribution >= 0.6 is 0 Å². The molecule has 0 atom stereocenters. The van der Waals surface area contributed by atoms with Crippen LogP contribution in [-0.2, 0) is 9.53 Å². The number of hydrogen-bond acceptors (Lipinski definition) is 2. The van der Waals surface area contributed by atoms with Crippen molar-refractivity contribution in [3.05, 3.63) is 83.9 Å². The normalized spacial score (nSPS) is 9.60. The van der Waals surface area contributed by atoms with Crippen molar-refractivity contribution >= 4 is 16.6 Å². The highest BCUT2D eigenvalue weighted by Crippen LogP contribution is 2.17. The summed E-state index contributed by atoms with van der Waals surface area (Å²) in [5.74, 6) is 11.2. The van der Waals surface area contributed by atoms with Gasteiger partial charge in [-0.25, -0.2) is 0 Å². The summed E-state index contributed by atoms with van der Waals surface area (Å²) in [7, 11) is 0. The van der Waals surface area contributed by atoms with E-state index in [1.165, 1.54) is 0 Å². The Bertz CT molecular complexity index is 991. The standard InChI is InChI=1S/C23H16O2/c24-22(18-25-17-7-10-19-8-2-1-3-9-19)16-15-21-13-6-12-20-11-4-5-14-23(20)21/h1-6,8-9,11-14H,17-18H2. The molecule has 3 rings (SSSR count). The predicted octanol–water partition coefficient (Wildman–Crippen LogP) is 3.83. The fourth-order valence-electron chi connectivity index (χ4n) is 2.36. The zero-order valence-corrected chi connectivity index (χ0v) is 13.7. The van der Waals surface area contributed by atoms with Crippen molar-refractivity contribution in [1.29, 1.82) is 0 Å². The molecule has 2 nitrogen and oxygen atoms in total. The second kappa shape index (κ2) is 8.50. The smallest absolute Gasteiger partial charge is 0.231 e. The second-order valence-electron chi connectivity index (χ2n) is 5.36. The zero-order chi connectivity index (χ0) is 17.3. The lowest BCUT2D eigenvalue weighted by molar-refractivity contribution is -0.117. The molecule has 0 radical (unpaired) electrons. The third-order valence-electron chi connectivity index (χ3n) is 3.54. The van der Waals surface area contributed by atoms with Gasteiger partial charge in [-0.3, -0.25) is 4.79 Å². The molecule has 0 unspecified atom stereocenters. The van der Waals surface area contributed by atoms with Crippen LogP contribution < -0.4 is 0 Å². The quantitative estimate of drug-likeness (QED) is 0.541. The van der Waals surface area contributed by atoms with Crippen LogP contribution in [0.25, 0.3) is 10.8 Å². The van der Waals surface area contributed by atoms with E-state index < -0.39 is 0 Å². The van der Waals surface area contributed by atoms with E-state index in [2.05, 4.69) is 23.7 Å². The number of ether oxygens (including phenoxy) is 1. The highest BCUT2D eigenvalue weighted by molar-refractivity contribution is 5.98. The zero-order valence-electron chi connectivity index (χ0n) is 13.7. The van der Waals surface area contributed by atoms with Gasteiger partial charge in [-0.1, -0.05) is 72.4 Å². The van der Waals surface area contributed by atoms with Crippen molar-refractivity contribution in [3.8, 4) is 23.7 Å². The molecule has 0 aliphatic heterocycles. The van der Waals surface area contributed by atoms with E-state index in [4.69, 9.17) is 4.74 Å². The first-order chi connectivity index (χ1) is 12.3. The van der Waals surface area contributed by atoms with Gasteiger partial charge in [-0.05, 0) is 34.9 Å². The molecule has 0 saturated carbocycles. The van der Waals surface area contributed by atoms with Crippen molar-refractivity contribution in [1.82, 2.24) is 0 Å². The van der Waals surface area contributed by atoms with Gasteiger partial charge in [0.25, 0.3) is 0 Å². The van der Waals surface area contributed by atoms with Gasteiger partial charge in [0.05, 0.1) is 0 Å². The molecule has 0 spiro atoms. The molecule has 0 saturated heterocycles. The van der Waals surface area contributed by atoms with Crippen LogP contribution in [0.4, 0.5) is 0 Å². The Labute approximate surface area is 147 Å². The van der Waals surface area contributed by atoms with Crippen molar-refractivity contribution in [2.75, 3.05) is 13.2 Å². The minimum atomic E-state index is -0.255. The molecule has 3 aromatic rings. The number of rotatable bonds is 3. The van der Waals surface area contributed by atoms with Crippen LogP contribution in [0.3, 0.4) is 0 Å². The summed E-state index contributed by atoms with van der Waals surface area (Å²) >= 11 is 0. The van der Waals surface area contributed by atoms with Crippen molar-refractivity contribution in [2.45, 2.75) is 0 Å². The maximum absolute atomic E-state index is 11.8. The molecule has 0 N–H and O–H groups in total. The lowest BCUT2D eigenvalue weighted by Crippen LogP contribution is -2.06. The van der Waals surface area contributed by atoms with Crippen molar-refractivity contribution in [3.63, 3.8) is 0 Å². The summed E-state index contributed by atoms with van der Waals surface area (Å²) in [4.78, 5) is 11.8. The minimum absolute atomic E-state index is 0.0543. The molecule has 3 aromatic carbocycles. The Morgan fingerprint density at radius 1 is 0.840 bits per heavy atom. The van der Waals surface area contributed by atoms with Gasteiger partial charge in [0.2, 0.25) is 5.78 Å². The summed E-state index contributed by atoms with van der Waals surface area (Å²) in [5.41, 5.74) is 1.77. The SMILES string of the molecule is O=C(C#Cc1cccc2ccccc12)COCC#Cc1ccccc1. The molecule has 0 fully saturated rings. The highest BCUT2D eigenvalue weighted by atomic mass is 16.5. The van der Waals surface area contributed by atoms with Gasteiger partial charge in [0.1, 0.15) is 13.2 Å². The molecule has 0 bridgehead atoms. The first-order valence-corrected chi connectivity index (χ1v) is 7.97. The van der Waals surface area contributed by atoms with Gasteiger partial charge < -0.3 is 4.74 Å². The Morgan fingerprint density at radius 2 is 1.60 bits per heavy atom. The van der Waals surface area contributed by atoms with Gasteiger partial charge >= 0.3 is 0 Å². The van der Waals surface area contributed by atoms with Gasteiger partial charge in [0, 0.05) is 11.1 Å².